The predicted molar refractivity (Wildman–Crippen MR) is 82.3 cm³/mol. The molecule has 0 fully saturated rings. The van der Waals surface area contributed by atoms with Gasteiger partial charge in [0.25, 0.3) is 0 Å². The molecule has 1 N–H and O–H groups in total. The lowest BCUT2D eigenvalue weighted by Gasteiger charge is -2.20. The van der Waals surface area contributed by atoms with Gasteiger partial charge in [0, 0.05) is 22.1 Å². The second kappa shape index (κ2) is 5.93. The molecule has 0 bridgehead atoms. The van der Waals surface area contributed by atoms with E-state index >= 15 is 0 Å². The van der Waals surface area contributed by atoms with Gasteiger partial charge in [0.05, 0.1) is 0 Å². The molecule has 0 spiro atoms. The maximum atomic E-state index is 5.59. The van der Waals surface area contributed by atoms with Crippen molar-refractivity contribution >= 4 is 15.9 Å². The van der Waals surface area contributed by atoms with Gasteiger partial charge in [-0.25, -0.2) is 0 Å². The van der Waals surface area contributed by atoms with Crippen LogP contribution in [0.5, 0.6) is 0 Å². The summed E-state index contributed by atoms with van der Waals surface area (Å²) in [7, 11) is 0. The lowest BCUT2D eigenvalue weighted by atomic mass is 10.0. The first-order valence-corrected chi connectivity index (χ1v) is 7.35. The van der Waals surface area contributed by atoms with E-state index in [4.69, 9.17) is 4.42 Å². The van der Waals surface area contributed by atoms with E-state index in [2.05, 4.69) is 59.4 Å². The van der Waals surface area contributed by atoms with Crippen molar-refractivity contribution in [2.75, 3.05) is 0 Å². The standard InChI is InChI=1S/C16H20BrNO/c1-10-8-16(13(4)19-10)12(3)18-11(2)14-6-5-7-15(17)9-14/h5-9,11-12,18H,1-4H3/t11-,12?/m0/s1. The zero-order valence-electron chi connectivity index (χ0n) is 11.8. The summed E-state index contributed by atoms with van der Waals surface area (Å²) in [6.45, 7) is 8.36. The third-order valence-electron chi connectivity index (χ3n) is 3.39. The lowest BCUT2D eigenvalue weighted by molar-refractivity contribution is 0.469. The Morgan fingerprint density at radius 3 is 2.42 bits per heavy atom. The minimum absolute atomic E-state index is 0.270. The number of hydrogen-bond donors (Lipinski definition) is 1. The summed E-state index contributed by atoms with van der Waals surface area (Å²) in [5, 5.41) is 3.61. The number of halogens is 1. The second-order valence-corrected chi connectivity index (χ2v) is 5.95. The van der Waals surface area contributed by atoms with Gasteiger partial charge in [-0.15, -0.1) is 0 Å². The molecule has 2 atom stereocenters. The van der Waals surface area contributed by atoms with E-state index in [1.165, 1.54) is 11.1 Å². The molecule has 0 saturated heterocycles. The van der Waals surface area contributed by atoms with Gasteiger partial charge < -0.3 is 9.73 Å². The summed E-state index contributed by atoms with van der Waals surface area (Å²) >= 11 is 3.51. The third kappa shape index (κ3) is 3.48. The first-order chi connectivity index (χ1) is 8.97. The molecule has 0 aliphatic heterocycles. The summed E-state index contributed by atoms with van der Waals surface area (Å²) in [5.41, 5.74) is 2.51. The number of hydrogen-bond acceptors (Lipinski definition) is 2. The Morgan fingerprint density at radius 2 is 1.84 bits per heavy atom. The van der Waals surface area contributed by atoms with Gasteiger partial charge in [0.1, 0.15) is 11.5 Å². The van der Waals surface area contributed by atoms with Crippen molar-refractivity contribution in [2.45, 2.75) is 39.8 Å². The highest BCUT2D eigenvalue weighted by Crippen LogP contribution is 2.25. The molecule has 1 heterocycles. The highest BCUT2D eigenvalue weighted by Gasteiger charge is 2.15. The van der Waals surface area contributed by atoms with E-state index < -0.39 is 0 Å². The first kappa shape index (κ1) is 14.4. The van der Waals surface area contributed by atoms with Crippen molar-refractivity contribution in [3.8, 4) is 0 Å². The Labute approximate surface area is 123 Å². The van der Waals surface area contributed by atoms with Gasteiger partial charge in [-0.2, -0.15) is 0 Å². The summed E-state index contributed by atoms with van der Waals surface area (Å²) in [6.07, 6.45) is 0. The Morgan fingerprint density at radius 1 is 1.11 bits per heavy atom. The molecule has 1 aromatic carbocycles. The number of rotatable bonds is 4. The van der Waals surface area contributed by atoms with Crippen molar-refractivity contribution in [1.82, 2.24) is 5.32 Å². The highest BCUT2D eigenvalue weighted by atomic mass is 79.9. The van der Waals surface area contributed by atoms with E-state index in [0.29, 0.717) is 6.04 Å². The first-order valence-electron chi connectivity index (χ1n) is 6.56. The normalized spacial score (nSPS) is 14.4. The van der Waals surface area contributed by atoms with Gasteiger partial charge in [-0.1, -0.05) is 28.1 Å². The molecule has 0 radical (unpaired) electrons. The van der Waals surface area contributed by atoms with Gasteiger partial charge in [-0.3, -0.25) is 0 Å². The SMILES string of the molecule is Cc1cc(C(C)N[C@@H](C)c2cccc(Br)c2)c(C)o1. The number of benzene rings is 1. The van der Waals surface area contributed by atoms with Crippen molar-refractivity contribution < 1.29 is 4.42 Å². The molecule has 2 rings (SSSR count). The van der Waals surface area contributed by atoms with Crippen LogP contribution in [0.25, 0.3) is 0 Å². The topological polar surface area (TPSA) is 25.2 Å². The fourth-order valence-electron chi connectivity index (χ4n) is 2.42. The molecule has 2 nitrogen and oxygen atoms in total. The van der Waals surface area contributed by atoms with Crippen LogP contribution in [0, 0.1) is 13.8 Å². The van der Waals surface area contributed by atoms with Crippen LogP contribution in [0.4, 0.5) is 0 Å². The molecule has 102 valence electrons. The Hall–Kier alpha value is -1.06. The van der Waals surface area contributed by atoms with E-state index in [1.807, 2.05) is 19.9 Å². The van der Waals surface area contributed by atoms with E-state index in [0.717, 1.165) is 16.0 Å². The fraction of sp³-hybridized carbons (Fsp3) is 0.375. The maximum Gasteiger partial charge on any atom is 0.105 e. The van der Waals surface area contributed by atoms with Gasteiger partial charge in [0.2, 0.25) is 0 Å². The minimum Gasteiger partial charge on any atom is -0.466 e. The molecule has 0 saturated carbocycles. The molecule has 0 aliphatic rings. The predicted octanol–water partition coefficient (Wildman–Crippen LogP) is 5.07. The van der Waals surface area contributed by atoms with Crippen LogP contribution in [0.15, 0.2) is 39.2 Å². The second-order valence-electron chi connectivity index (χ2n) is 5.03. The van der Waals surface area contributed by atoms with Crippen LogP contribution in [-0.2, 0) is 0 Å². The van der Waals surface area contributed by atoms with Crippen LogP contribution in [0.3, 0.4) is 0 Å². The van der Waals surface area contributed by atoms with Crippen LogP contribution in [0.2, 0.25) is 0 Å². The number of furan rings is 1. The van der Waals surface area contributed by atoms with Crippen molar-refractivity contribution in [1.29, 1.82) is 0 Å². The third-order valence-corrected chi connectivity index (χ3v) is 3.89. The van der Waals surface area contributed by atoms with E-state index in [9.17, 15) is 0 Å². The minimum atomic E-state index is 0.270. The van der Waals surface area contributed by atoms with Crippen molar-refractivity contribution in [3.05, 3.63) is 57.5 Å². The number of nitrogens with one attached hydrogen (secondary N) is 1. The Kier molecular flexibility index (Phi) is 4.48. The molecular formula is C16H20BrNO. The van der Waals surface area contributed by atoms with Crippen LogP contribution in [0.1, 0.15) is 48.6 Å². The lowest BCUT2D eigenvalue weighted by Crippen LogP contribution is -2.22. The smallest absolute Gasteiger partial charge is 0.105 e. The monoisotopic (exact) mass is 321 g/mol. The molecule has 2 aromatic rings. The summed E-state index contributed by atoms with van der Waals surface area (Å²) in [4.78, 5) is 0. The van der Waals surface area contributed by atoms with Crippen LogP contribution >= 0.6 is 15.9 Å². The summed E-state index contributed by atoms with van der Waals surface area (Å²) in [5.74, 6) is 1.97. The van der Waals surface area contributed by atoms with E-state index in [1.54, 1.807) is 0 Å². The molecule has 1 aromatic heterocycles. The van der Waals surface area contributed by atoms with Gasteiger partial charge in [0.15, 0.2) is 0 Å². The maximum absolute atomic E-state index is 5.59. The molecular weight excluding hydrogens is 302 g/mol. The average molecular weight is 322 g/mol. The van der Waals surface area contributed by atoms with Crippen molar-refractivity contribution in [2.24, 2.45) is 0 Å². The average Bonchev–Trinajstić information content (AvgIpc) is 2.68. The Balaban J connectivity index is 2.10. The largest absolute Gasteiger partial charge is 0.466 e. The highest BCUT2D eigenvalue weighted by molar-refractivity contribution is 9.10. The van der Waals surface area contributed by atoms with Crippen LogP contribution in [-0.4, -0.2) is 0 Å². The van der Waals surface area contributed by atoms with Gasteiger partial charge in [-0.05, 0) is 51.5 Å². The summed E-state index contributed by atoms with van der Waals surface area (Å²) in [6, 6.07) is 11.1. The molecule has 0 aliphatic carbocycles. The summed E-state index contributed by atoms with van der Waals surface area (Å²) < 4.78 is 6.71. The zero-order valence-corrected chi connectivity index (χ0v) is 13.4. The molecule has 19 heavy (non-hydrogen) atoms. The van der Waals surface area contributed by atoms with E-state index in [-0.39, 0.29) is 6.04 Å². The number of aryl methyl sites for hydroxylation is 2. The quantitative estimate of drug-likeness (QED) is 0.850. The Bertz CT molecular complexity index is 562. The van der Waals surface area contributed by atoms with Gasteiger partial charge >= 0.3 is 0 Å². The zero-order chi connectivity index (χ0) is 14.0. The van der Waals surface area contributed by atoms with Crippen LogP contribution < -0.4 is 5.32 Å². The fourth-order valence-corrected chi connectivity index (χ4v) is 2.83. The van der Waals surface area contributed by atoms with Crippen molar-refractivity contribution in [3.63, 3.8) is 0 Å². The molecule has 0 amide bonds. The molecule has 1 unspecified atom stereocenters. The molecule has 3 heteroatoms.